The highest BCUT2D eigenvalue weighted by Gasteiger charge is 2.44. The fourth-order valence-electron chi connectivity index (χ4n) is 3.57. The van der Waals surface area contributed by atoms with Crippen LogP contribution in [0.1, 0.15) is 31.0 Å². The van der Waals surface area contributed by atoms with Gasteiger partial charge < -0.3 is 15.1 Å². The molecule has 172 valence electrons. The van der Waals surface area contributed by atoms with Crippen LogP contribution in [-0.4, -0.2) is 75.5 Å². The summed E-state index contributed by atoms with van der Waals surface area (Å²) in [4.78, 5) is 26.0. The van der Waals surface area contributed by atoms with Gasteiger partial charge in [-0.1, -0.05) is 11.8 Å². The Labute approximate surface area is 186 Å². The molecule has 0 bridgehead atoms. The van der Waals surface area contributed by atoms with E-state index in [1.165, 1.54) is 21.9 Å². The van der Waals surface area contributed by atoms with Crippen LogP contribution in [0.2, 0.25) is 0 Å². The standard InChI is InChI=1S/C21H25N3O7S/c1-21(19(27)22-29,32(2,30)31)7-8-23-12-16-9-14(11-24(16)20(23)28)5-3-4-6-15-10-17(15)18(26)13-25/h9,11,15,17-18,25-26,29H,7-8,10,12-13H2,1-2H3,(H,22,27)/t15-,17-,18-,21+/m0/s1. The van der Waals surface area contributed by atoms with E-state index in [1.807, 2.05) is 0 Å². The van der Waals surface area contributed by atoms with Gasteiger partial charge in [0.2, 0.25) is 0 Å². The van der Waals surface area contributed by atoms with Crippen LogP contribution in [-0.2, 0) is 21.2 Å². The summed E-state index contributed by atoms with van der Waals surface area (Å²) in [6.07, 6.45) is 2.28. The maximum Gasteiger partial charge on any atom is 0.328 e. The number of hydroxylamine groups is 1. The zero-order valence-corrected chi connectivity index (χ0v) is 18.5. The van der Waals surface area contributed by atoms with E-state index in [4.69, 9.17) is 10.3 Å². The summed E-state index contributed by atoms with van der Waals surface area (Å²) in [6.45, 7) is 1.16. The average Bonchev–Trinajstić information content (AvgIpc) is 3.32. The average molecular weight is 464 g/mol. The van der Waals surface area contributed by atoms with E-state index < -0.39 is 26.6 Å². The molecule has 0 radical (unpaired) electrons. The second-order valence-electron chi connectivity index (χ2n) is 8.26. The SMILES string of the molecule is C[C@@](CCN1Cc2cc(C#CC#C[C@H]3C[C@@H]3[C@@H](O)CO)cn2C1=O)(C(=O)NO)S(C)(=O)=O. The minimum atomic E-state index is -3.84. The number of nitrogens with one attached hydrogen (secondary N) is 1. The van der Waals surface area contributed by atoms with Crippen LogP contribution >= 0.6 is 0 Å². The number of carbonyl (C=O) groups is 2. The summed E-state index contributed by atoms with van der Waals surface area (Å²) in [5.41, 5.74) is 2.66. The fraction of sp³-hybridized carbons (Fsp3) is 0.524. The van der Waals surface area contributed by atoms with Crippen molar-refractivity contribution >= 4 is 21.8 Å². The molecule has 1 fully saturated rings. The van der Waals surface area contributed by atoms with Crippen molar-refractivity contribution in [3.63, 3.8) is 0 Å². The van der Waals surface area contributed by atoms with Crippen LogP contribution in [0.5, 0.6) is 0 Å². The quantitative estimate of drug-likeness (QED) is 0.238. The van der Waals surface area contributed by atoms with Crippen LogP contribution < -0.4 is 5.48 Å². The molecule has 0 spiro atoms. The van der Waals surface area contributed by atoms with Crippen molar-refractivity contribution < 1.29 is 33.4 Å². The van der Waals surface area contributed by atoms with E-state index in [0.717, 1.165) is 12.7 Å². The van der Waals surface area contributed by atoms with Crippen molar-refractivity contribution in [2.24, 2.45) is 11.8 Å². The zero-order valence-electron chi connectivity index (χ0n) is 17.7. The highest BCUT2D eigenvalue weighted by Crippen LogP contribution is 2.40. The maximum atomic E-state index is 12.6. The van der Waals surface area contributed by atoms with Crippen molar-refractivity contribution in [3.8, 4) is 23.7 Å². The molecule has 1 aromatic rings. The number of carbonyl (C=O) groups excluding carboxylic acids is 2. The van der Waals surface area contributed by atoms with Gasteiger partial charge >= 0.3 is 6.03 Å². The number of nitrogens with zero attached hydrogens (tertiary/aromatic N) is 2. The summed E-state index contributed by atoms with van der Waals surface area (Å²) in [5, 5.41) is 27.3. The van der Waals surface area contributed by atoms with E-state index in [9.17, 15) is 23.1 Å². The molecule has 10 nitrogen and oxygen atoms in total. The first-order valence-electron chi connectivity index (χ1n) is 9.97. The summed E-state index contributed by atoms with van der Waals surface area (Å²) >= 11 is 0. The molecule has 0 unspecified atom stereocenters. The fourth-order valence-corrected chi connectivity index (χ4v) is 4.42. The molecule has 0 saturated heterocycles. The van der Waals surface area contributed by atoms with E-state index in [-0.39, 0.29) is 44.0 Å². The molecule has 1 aliphatic carbocycles. The second-order valence-corrected chi connectivity index (χ2v) is 10.7. The van der Waals surface area contributed by atoms with Gasteiger partial charge in [0.25, 0.3) is 5.91 Å². The number of aromatic nitrogens is 1. The van der Waals surface area contributed by atoms with Crippen molar-refractivity contribution in [2.45, 2.75) is 37.2 Å². The van der Waals surface area contributed by atoms with Crippen molar-refractivity contribution in [3.05, 3.63) is 23.5 Å². The number of aliphatic hydroxyl groups is 2. The van der Waals surface area contributed by atoms with Gasteiger partial charge in [0.15, 0.2) is 14.6 Å². The first-order valence-corrected chi connectivity index (χ1v) is 11.9. The smallest absolute Gasteiger partial charge is 0.328 e. The number of amides is 2. The number of fused-ring (bicyclic) bond motifs is 1. The first-order chi connectivity index (χ1) is 15.0. The van der Waals surface area contributed by atoms with Crippen molar-refractivity contribution in [1.82, 2.24) is 14.9 Å². The van der Waals surface area contributed by atoms with Gasteiger partial charge in [-0.25, -0.2) is 18.7 Å². The molecule has 11 heteroatoms. The van der Waals surface area contributed by atoms with Gasteiger partial charge in [0, 0.05) is 42.1 Å². The van der Waals surface area contributed by atoms with Gasteiger partial charge in [0.1, 0.15) is 0 Å². The molecular formula is C21H25N3O7S. The van der Waals surface area contributed by atoms with E-state index in [2.05, 4.69) is 23.7 Å². The molecule has 0 aromatic carbocycles. The molecule has 4 atom stereocenters. The Bertz CT molecular complexity index is 1150. The molecule has 2 amide bonds. The third-order valence-corrected chi connectivity index (χ3v) is 8.06. The highest BCUT2D eigenvalue weighted by atomic mass is 32.2. The lowest BCUT2D eigenvalue weighted by Crippen LogP contribution is -2.50. The van der Waals surface area contributed by atoms with Crippen LogP contribution in [0.4, 0.5) is 4.79 Å². The molecule has 4 N–H and O–H groups in total. The Balaban J connectivity index is 1.61. The molecule has 2 heterocycles. The molecule has 1 aromatic heterocycles. The Morgan fingerprint density at radius 3 is 2.72 bits per heavy atom. The third kappa shape index (κ3) is 4.66. The lowest BCUT2D eigenvalue weighted by molar-refractivity contribution is -0.131. The summed E-state index contributed by atoms with van der Waals surface area (Å²) in [5.74, 6) is 10.2. The van der Waals surface area contributed by atoms with E-state index in [0.29, 0.717) is 11.3 Å². The monoisotopic (exact) mass is 463 g/mol. The lowest BCUT2D eigenvalue weighted by Gasteiger charge is -2.27. The van der Waals surface area contributed by atoms with Crippen LogP contribution in [0.15, 0.2) is 12.3 Å². The van der Waals surface area contributed by atoms with Crippen LogP contribution in [0, 0.1) is 35.5 Å². The van der Waals surface area contributed by atoms with Crippen LogP contribution in [0.3, 0.4) is 0 Å². The lowest BCUT2D eigenvalue weighted by atomic mass is 10.1. The number of hydrogen-bond acceptors (Lipinski definition) is 7. The molecule has 1 aliphatic heterocycles. The maximum absolute atomic E-state index is 12.6. The van der Waals surface area contributed by atoms with Crippen molar-refractivity contribution in [1.29, 1.82) is 0 Å². The number of rotatable bonds is 7. The zero-order chi connectivity index (χ0) is 23.7. The number of aliphatic hydroxyl groups excluding tert-OH is 2. The predicted octanol–water partition coefficient (Wildman–Crippen LogP) is -0.685. The molecule has 32 heavy (non-hydrogen) atoms. The minimum absolute atomic E-state index is 0.00619. The number of hydrogen-bond donors (Lipinski definition) is 4. The van der Waals surface area contributed by atoms with Crippen LogP contribution in [0.25, 0.3) is 0 Å². The summed E-state index contributed by atoms with van der Waals surface area (Å²) in [6, 6.07) is 1.37. The molecular weight excluding hydrogens is 438 g/mol. The van der Waals surface area contributed by atoms with Gasteiger partial charge in [0.05, 0.1) is 19.3 Å². The minimum Gasteiger partial charge on any atom is -0.394 e. The Morgan fingerprint density at radius 2 is 2.12 bits per heavy atom. The first kappa shape index (κ1) is 23.8. The Hall–Kier alpha value is -2.83. The number of sulfone groups is 1. The molecule has 2 aliphatic rings. The highest BCUT2D eigenvalue weighted by molar-refractivity contribution is 7.92. The topological polar surface area (TPSA) is 149 Å². The summed E-state index contributed by atoms with van der Waals surface area (Å²) < 4.78 is 23.7. The Kier molecular flexibility index (Phi) is 6.67. The largest absolute Gasteiger partial charge is 0.394 e. The molecule has 3 rings (SSSR count). The van der Waals surface area contributed by atoms with Gasteiger partial charge in [-0.05, 0) is 37.7 Å². The predicted molar refractivity (Wildman–Crippen MR) is 113 cm³/mol. The third-order valence-electron chi connectivity index (χ3n) is 6.04. The van der Waals surface area contributed by atoms with Gasteiger partial charge in [-0.15, -0.1) is 0 Å². The van der Waals surface area contributed by atoms with E-state index >= 15 is 0 Å². The van der Waals surface area contributed by atoms with Crippen molar-refractivity contribution in [2.75, 3.05) is 19.4 Å². The van der Waals surface area contributed by atoms with Gasteiger partial charge in [-0.3, -0.25) is 14.6 Å². The second kappa shape index (κ2) is 8.96. The van der Waals surface area contributed by atoms with E-state index in [1.54, 1.807) is 12.3 Å². The molecule has 1 saturated carbocycles. The Morgan fingerprint density at radius 1 is 1.41 bits per heavy atom. The summed E-state index contributed by atoms with van der Waals surface area (Å²) in [7, 11) is -3.84. The normalized spacial score (nSPS) is 22.0. The van der Waals surface area contributed by atoms with Gasteiger partial charge in [-0.2, -0.15) is 0 Å².